The van der Waals surface area contributed by atoms with Crippen LogP contribution in [0.4, 0.5) is 0 Å². The van der Waals surface area contributed by atoms with Gasteiger partial charge < -0.3 is 19.5 Å². The van der Waals surface area contributed by atoms with E-state index in [-0.39, 0.29) is 31.6 Å². The highest BCUT2D eigenvalue weighted by Crippen LogP contribution is 2.44. The average Bonchev–Trinajstić information content (AvgIpc) is 2.93. The molecule has 0 aromatic heterocycles. The highest BCUT2D eigenvalue weighted by molar-refractivity contribution is 6.16. The van der Waals surface area contributed by atoms with Gasteiger partial charge in [-0.2, -0.15) is 0 Å². The number of aryl methyl sites for hydroxylation is 1. The first-order valence-electron chi connectivity index (χ1n) is 13.7. The third-order valence-corrected chi connectivity index (χ3v) is 6.98. The van der Waals surface area contributed by atoms with Gasteiger partial charge in [-0.1, -0.05) is 39.3 Å². The number of hydrogen-bond donors (Lipinski definition) is 1. The number of ether oxygens (including phenoxy) is 3. The van der Waals surface area contributed by atoms with Crippen LogP contribution >= 0.6 is 0 Å². The van der Waals surface area contributed by atoms with Gasteiger partial charge in [-0.15, -0.1) is 0 Å². The van der Waals surface area contributed by atoms with E-state index in [1.54, 1.807) is 52.0 Å². The number of carbonyl (C=O) groups excluding carboxylic acids is 4. The van der Waals surface area contributed by atoms with Crippen LogP contribution in [0.3, 0.4) is 0 Å². The second-order valence-corrected chi connectivity index (χ2v) is 9.36. The Bertz CT molecular complexity index is 1100. The van der Waals surface area contributed by atoms with Gasteiger partial charge in [-0.05, 0) is 81.5 Å². The Kier molecular flexibility index (Phi) is 11.7. The van der Waals surface area contributed by atoms with Crippen molar-refractivity contribution in [2.75, 3.05) is 13.2 Å². The number of esters is 2. The Labute approximate surface area is 231 Å². The maximum absolute atomic E-state index is 14.2. The Balaban J connectivity index is 2.48. The Hall–Kier alpha value is -3.68. The monoisotopic (exact) mass is 539 g/mol. The molecule has 0 aliphatic heterocycles. The molecule has 212 valence electrons. The summed E-state index contributed by atoms with van der Waals surface area (Å²) in [6.07, 6.45) is 3.39. The van der Waals surface area contributed by atoms with Crippen LogP contribution in [0.25, 0.3) is 0 Å². The quantitative estimate of drug-likeness (QED) is 0.173. The van der Waals surface area contributed by atoms with E-state index in [9.17, 15) is 19.2 Å². The number of nitrogens with one attached hydrogen (secondary N) is 1. The van der Waals surface area contributed by atoms with Crippen LogP contribution in [0, 0.1) is 5.41 Å². The zero-order valence-corrected chi connectivity index (χ0v) is 23.9. The topological polar surface area (TPSA) is 108 Å². The molecule has 8 nitrogen and oxygen atoms in total. The minimum absolute atomic E-state index is 0.0527. The summed E-state index contributed by atoms with van der Waals surface area (Å²) in [5.41, 5.74) is -2.54. The zero-order valence-electron chi connectivity index (χ0n) is 23.9. The Morgan fingerprint density at radius 3 is 1.64 bits per heavy atom. The third kappa shape index (κ3) is 6.85. The molecule has 8 heteroatoms. The minimum Gasteiger partial charge on any atom is -0.464 e. The van der Waals surface area contributed by atoms with Gasteiger partial charge in [-0.25, -0.2) is 9.59 Å². The van der Waals surface area contributed by atoms with Crippen molar-refractivity contribution < 1.29 is 33.4 Å². The smallest absolute Gasteiger partial charge is 0.344 e. The van der Waals surface area contributed by atoms with Gasteiger partial charge in [0.1, 0.15) is 11.5 Å². The molecule has 0 saturated heterocycles. The maximum Gasteiger partial charge on any atom is 0.344 e. The number of rotatable bonds is 15. The van der Waals surface area contributed by atoms with E-state index >= 15 is 0 Å². The molecule has 0 heterocycles. The van der Waals surface area contributed by atoms with Crippen LogP contribution in [0.15, 0.2) is 48.5 Å². The maximum atomic E-state index is 14.2. The summed E-state index contributed by atoms with van der Waals surface area (Å²) in [5.74, 6) is -2.03. The van der Waals surface area contributed by atoms with Crippen molar-refractivity contribution in [3.8, 4) is 11.5 Å². The molecule has 1 N–H and O–H groups in total. The normalized spacial score (nSPS) is 11.4. The molecule has 0 atom stereocenters. The first-order valence-corrected chi connectivity index (χ1v) is 13.7. The molecule has 2 aromatic rings. The van der Waals surface area contributed by atoms with Crippen molar-refractivity contribution >= 4 is 23.6 Å². The van der Waals surface area contributed by atoms with Crippen LogP contribution in [0.1, 0.15) is 83.1 Å². The van der Waals surface area contributed by atoms with E-state index in [0.29, 0.717) is 11.5 Å². The molecular formula is C31H41NO7. The summed E-state index contributed by atoms with van der Waals surface area (Å²) in [7, 11) is 0. The lowest BCUT2D eigenvalue weighted by molar-refractivity contribution is -0.175. The fourth-order valence-electron chi connectivity index (χ4n) is 4.90. The second-order valence-electron chi connectivity index (χ2n) is 9.36. The van der Waals surface area contributed by atoms with E-state index in [1.807, 2.05) is 24.3 Å². The fraction of sp³-hybridized carbons (Fsp3) is 0.484. The predicted octanol–water partition coefficient (Wildman–Crippen LogP) is 5.81. The van der Waals surface area contributed by atoms with Crippen LogP contribution in [0.5, 0.6) is 11.5 Å². The van der Waals surface area contributed by atoms with E-state index < -0.39 is 34.6 Å². The number of carbonyl (C=O) groups is 4. The first-order chi connectivity index (χ1) is 18.6. The van der Waals surface area contributed by atoms with Gasteiger partial charge in [0.25, 0.3) is 0 Å². The highest BCUT2D eigenvalue weighted by Gasteiger charge is 2.66. The number of benzene rings is 2. The van der Waals surface area contributed by atoms with Crippen LogP contribution in [0.2, 0.25) is 0 Å². The lowest BCUT2D eigenvalue weighted by atomic mass is 9.61. The lowest BCUT2D eigenvalue weighted by Gasteiger charge is -2.45. The molecule has 39 heavy (non-hydrogen) atoms. The van der Waals surface area contributed by atoms with Crippen molar-refractivity contribution in [3.05, 3.63) is 59.7 Å². The van der Waals surface area contributed by atoms with Gasteiger partial charge in [0.05, 0.1) is 18.6 Å². The van der Waals surface area contributed by atoms with E-state index in [0.717, 1.165) is 19.3 Å². The number of ketones is 1. The predicted molar refractivity (Wildman–Crippen MR) is 149 cm³/mol. The molecular weight excluding hydrogens is 498 g/mol. The van der Waals surface area contributed by atoms with Crippen molar-refractivity contribution in [3.63, 3.8) is 0 Å². The Morgan fingerprint density at radius 1 is 0.744 bits per heavy atom. The molecule has 0 saturated carbocycles. The van der Waals surface area contributed by atoms with Gasteiger partial charge in [-0.3, -0.25) is 9.59 Å². The number of unbranched alkanes of at least 4 members (excludes halogenated alkanes) is 1. The van der Waals surface area contributed by atoms with Gasteiger partial charge in [0.15, 0.2) is 5.78 Å². The largest absolute Gasteiger partial charge is 0.464 e. The van der Waals surface area contributed by atoms with E-state index in [2.05, 4.69) is 12.2 Å². The van der Waals surface area contributed by atoms with Gasteiger partial charge >= 0.3 is 11.9 Å². The average molecular weight is 540 g/mol. The van der Waals surface area contributed by atoms with Crippen molar-refractivity contribution in [1.29, 1.82) is 0 Å². The van der Waals surface area contributed by atoms with Crippen molar-refractivity contribution in [2.45, 2.75) is 79.2 Å². The molecule has 0 aliphatic carbocycles. The molecule has 0 radical (unpaired) electrons. The number of Topliss-reactive ketones (excluding diaryl/α,β-unsaturated/α-hetero) is 1. The molecule has 2 aromatic carbocycles. The summed E-state index contributed by atoms with van der Waals surface area (Å²) < 4.78 is 16.5. The van der Waals surface area contributed by atoms with Gasteiger partial charge in [0, 0.05) is 12.5 Å². The molecule has 0 spiro atoms. The summed E-state index contributed by atoms with van der Waals surface area (Å²) in [5, 5.41) is 2.48. The van der Waals surface area contributed by atoms with Gasteiger partial charge in [0.2, 0.25) is 11.4 Å². The standard InChI is InChI=1S/C31H41NO7/c1-7-12-13-23-14-18-25(19-15-23)39-26-20-16-24(17-21-26)27(34)30(8-2,9-3)31(32-22(6)33,28(35)37-10-4)29(36)38-11-5/h14-21H,7-13H2,1-6H3,(H,32,33). The fourth-order valence-corrected chi connectivity index (χ4v) is 4.90. The highest BCUT2D eigenvalue weighted by atomic mass is 16.6. The number of hydrogen-bond acceptors (Lipinski definition) is 7. The summed E-state index contributed by atoms with van der Waals surface area (Å²) >= 11 is 0. The van der Waals surface area contributed by atoms with Crippen molar-refractivity contribution in [1.82, 2.24) is 5.32 Å². The summed E-state index contributed by atoms with van der Waals surface area (Å²) in [6.45, 7) is 9.78. The summed E-state index contributed by atoms with van der Waals surface area (Å²) in [4.78, 5) is 53.4. The van der Waals surface area contributed by atoms with Crippen LogP contribution in [-0.4, -0.2) is 42.4 Å². The van der Waals surface area contributed by atoms with Crippen LogP contribution in [-0.2, 0) is 30.3 Å². The van der Waals surface area contributed by atoms with E-state index in [4.69, 9.17) is 14.2 Å². The van der Waals surface area contributed by atoms with Crippen molar-refractivity contribution in [2.24, 2.45) is 5.41 Å². The minimum atomic E-state index is -2.36. The molecule has 0 unspecified atom stereocenters. The van der Waals surface area contributed by atoms with E-state index in [1.165, 1.54) is 12.5 Å². The summed E-state index contributed by atoms with van der Waals surface area (Å²) in [6, 6.07) is 14.4. The zero-order chi connectivity index (χ0) is 29.1. The first kappa shape index (κ1) is 31.5. The van der Waals surface area contributed by atoms with Crippen LogP contribution < -0.4 is 10.1 Å². The third-order valence-electron chi connectivity index (χ3n) is 6.98. The molecule has 0 bridgehead atoms. The second kappa shape index (κ2) is 14.5. The Morgan fingerprint density at radius 2 is 1.23 bits per heavy atom. The molecule has 0 aliphatic rings. The molecule has 0 fully saturated rings. The molecule has 2 rings (SSSR count). The number of amides is 1. The lowest BCUT2D eigenvalue weighted by Crippen LogP contribution is -2.72. The molecule has 1 amide bonds. The SMILES string of the molecule is CCCCc1ccc(Oc2ccc(C(=O)C(CC)(CC)C(NC(C)=O)(C(=O)OCC)C(=O)OCC)cc2)cc1.